The number of halogens is 1. The van der Waals surface area contributed by atoms with Crippen LogP contribution in [0.5, 0.6) is 5.88 Å². The molecule has 0 saturated heterocycles. The van der Waals surface area contributed by atoms with Crippen LogP contribution >= 0.6 is 11.6 Å². The van der Waals surface area contributed by atoms with E-state index in [0.29, 0.717) is 11.6 Å². The second-order valence-electron chi connectivity index (χ2n) is 3.92. The number of aromatic nitrogens is 2. The number of hydrogen-bond acceptors (Lipinski definition) is 6. The molecule has 0 radical (unpaired) electrons. The lowest BCUT2D eigenvalue weighted by Gasteiger charge is -2.13. The number of nitrogens with two attached hydrogens (primary N) is 1. The van der Waals surface area contributed by atoms with Gasteiger partial charge in [-0.2, -0.15) is 0 Å². The van der Waals surface area contributed by atoms with Crippen LogP contribution < -0.4 is 15.8 Å². The lowest BCUT2D eigenvalue weighted by atomic mass is 10.1. The van der Waals surface area contributed by atoms with Gasteiger partial charge in [-0.25, -0.2) is 4.63 Å². The van der Waals surface area contributed by atoms with E-state index in [-0.39, 0.29) is 5.88 Å². The molecule has 0 fully saturated rings. The zero-order chi connectivity index (χ0) is 13.7. The van der Waals surface area contributed by atoms with Crippen molar-refractivity contribution in [1.82, 2.24) is 10.3 Å². The summed E-state index contributed by atoms with van der Waals surface area (Å²) in [6, 6.07) is 7.85. The topological polar surface area (TPSA) is 86.2 Å². The van der Waals surface area contributed by atoms with Gasteiger partial charge in [0.25, 0.3) is 5.88 Å². The Morgan fingerprint density at radius 3 is 3.05 bits per heavy atom. The third-order valence-electron chi connectivity index (χ3n) is 2.60. The van der Waals surface area contributed by atoms with E-state index < -0.39 is 6.17 Å². The van der Waals surface area contributed by atoms with Gasteiger partial charge in [0, 0.05) is 11.6 Å². The fraction of sp³-hybridized carbons (Fsp3) is 0.333. The maximum Gasteiger partial charge on any atom is 0.282 e. The molecule has 0 saturated carbocycles. The van der Waals surface area contributed by atoms with Gasteiger partial charge in [-0.1, -0.05) is 12.1 Å². The predicted molar refractivity (Wildman–Crippen MR) is 72.3 cm³/mol. The second-order valence-corrected chi connectivity index (χ2v) is 4.30. The predicted octanol–water partition coefficient (Wildman–Crippen LogP) is 1.93. The fourth-order valence-electron chi connectivity index (χ4n) is 1.69. The standard InChI is InChI=1S/C12H15ClN4O2/c1-18-12-10(16-19-17-12)11(14)15-9-4-2-3-8(7-9)5-6-13/h2-4,7,11,15H,5-6,14H2,1H3. The van der Waals surface area contributed by atoms with E-state index in [4.69, 9.17) is 22.1 Å². The summed E-state index contributed by atoms with van der Waals surface area (Å²) in [5.41, 5.74) is 8.43. The van der Waals surface area contributed by atoms with Crippen LogP contribution in [0.4, 0.5) is 5.69 Å². The maximum atomic E-state index is 5.99. The van der Waals surface area contributed by atoms with Gasteiger partial charge in [-0.3, -0.25) is 0 Å². The van der Waals surface area contributed by atoms with Crippen LogP contribution in [0.2, 0.25) is 0 Å². The minimum Gasteiger partial charge on any atom is -0.477 e. The molecule has 19 heavy (non-hydrogen) atoms. The number of aryl methyl sites for hydroxylation is 1. The van der Waals surface area contributed by atoms with Crippen LogP contribution in [0.1, 0.15) is 17.4 Å². The van der Waals surface area contributed by atoms with Crippen molar-refractivity contribution in [3.8, 4) is 5.88 Å². The van der Waals surface area contributed by atoms with Crippen LogP contribution in [0.25, 0.3) is 0 Å². The van der Waals surface area contributed by atoms with Crippen LogP contribution in [0.3, 0.4) is 0 Å². The zero-order valence-corrected chi connectivity index (χ0v) is 11.2. The van der Waals surface area contributed by atoms with E-state index in [2.05, 4.69) is 20.3 Å². The molecular weight excluding hydrogens is 268 g/mol. The average Bonchev–Trinajstić information content (AvgIpc) is 2.88. The van der Waals surface area contributed by atoms with E-state index in [1.165, 1.54) is 7.11 Å². The number of hydrogen-bond donors (Lipinski definition) is 2. The summed E-state index contributed by atoms with van der Waals surface area (Å²) in [7, 11) is 1.48. The molecule has 6 nitrogen and oxygen atoms in total. The summed E-state index contributed by atoms with van der Waals surface area (Å²) in [4.78, 5) is 0. The van der Waals surface area contributed by atoms with E-state index in [0.717, 1.165) is 17.7 Å². The van der Waals surface area contributed by atoms with Gasteiger partial charge in [0.1, 0.15) is 6.17 Å². The van der Waals surface area contributed by atoms with Gasteiger partial charge < -0.3 is 15.8 Å². The van der Waals surface area contributed by atoms with Crippen molar-refractivity contribution in [3.05, 3.63) is 35.5 Å². The van der Waals surface area contributed by atoms with E-state index in [1.807, 2.05) is 24.3 Å². The lowest BCUT2D eigenvalue weighted by Crippen LogP contribution is -2.21. The highest BCUT2D eigenvalue weighted by Crippen LogP contribution is 2.21. The number of nitrogens with one attached hydrogen (secondary N) is 1. The average molecular weight is 283 g/mol. The number of alkyl halides is 1. The first-order valence-electron chi connectivity index (χ1n) is 5.78. The molecule has 2 rings (SSSR count). The van der Waals surface area contributed by atoms with Crippen LogP contribution in [0, 0.1) is 0 Å². The summed E-state index contributed by atoms with van der Waals surface area (Å²) >= 11 is 5.72. The third-order valence-corrected chi connectivity index (χ3v) is 2.79. The summed E-state index contributed by atoms with van der Waals surface area (Å²) in [5, 5.41) is 10.4. The molecule has 3 N–H and O–H groups in total. The summed E-state index contributed by atoms with van der Waals surface area (Å²) < 4.78 is 9.60. The molecule has 1 aromatic carbocycles. The first kappa shape index (κ1) is 13.6. The van der Waals surface area contributed by atoms with Crippen molar-refractivity contribution in [3.63, 3.8) is 0 Å². The van der Waals surface area contributed by atoms with Crippen molar-refractivity contribution in [2.45, 2.75) is 12.6 Å². The summed E-state index contributed by atoms with van der Waals surface area (Å²) in [5.74, 6) is 0.855. The Labute approximate surface area is 115 Å². The monoisotopic (exact) mass is 282 g/mol. The molecule has 0 aliphatic heterocycles. The number of benzene rings is 1. The van der Waals surface area contributed by atoms with E-state index in [1.54, 1.807) is 0 Å². The van der Waals surface area contributed by atoms with Crippen molar-refractivity contribution in [2.24, 2.45) is 5.73 Å². The van der Waals surface area contributed by atoms with Crippen LogP contribution in [-0.4, -0.2) is 23.3 Å². The maximum absolute atomic E-state index is 5.99. The molecule has 2 aromatic rings. The molecule has 0 bridgehead atoms. The highest BCUT2D eigenvalue weighted by molar-refractivity contribution is 6.17. The van der Waals surface area contributed by atoms with Crippen molar-refractivity contribution in [1.29, 1.82) is 0 Å². The molecule has 0 amide bonds. The smallest absolute Gasteiger partial charge is 0.282 e. The number of nitrogens with zero attached hydrogens (tertiary/aromatic N) is 2. The van der Waals surface area contributed by atoms with Crippen molar-refractivity contribution in [2.75, 3.05) is 18.3 Å². The second kappa shape index (κ2) is 6.40. The minimum absolute atomic E-state index is 0.275. The largest absolute Gasteiger partial charge is 0.477 e. The fourth-order valence-corrected chi connectivity index (χ4v) is 1.91. The minimum atomic E-state index is -0.563. The number of ether oxygens (including phenoxy) is 1. The quantitative estimate of drug-likeness (QED) is 0.622. The molecule has 1 atom stereocenters. The highest BCUT2D eigenvalue weighted by atomic mass is 35.5. The molecule has 102 valence electrons. The van der Waals surface area contributed by atoms with Crippen molar-refractivity contribution >= 4 is 17.3 Å². The first-order valence-corrected chi connectivity index (χ1v) is 6.31. The summed E-state index contributed by atoms with van der Waals surface area (Å²) in [6.45, 7) is 0. The molecular formula is C12H15ClN4O2. The summed E-state index contributed by atoms with van der Waals surface area (Å²) in [6.07, 6.45) is 0.244. The van der Waals surface area contributed by atoms with Crippen LogP contribution in [-0.2, 0) is 6.42 Å². The Morgan fingerprint density at radius 1 is 1.47 bits per heavy atom. The zero-order valence-electron chi connectivity index (χ0n) is 10.5. The molecule has 1 heterocycles. The molecule has 0 aliphatic rings. The lowest BCUT2D eigenvalue weighted by molar-refractivity contribution is 0.280. The van der Waals surface area contributed by atoms with Gasteiger partial charge in [-0.15, -0.1) is 11.6 Å². The molecule has 1 aromatic heterocycles. The Balaban J connectivity index is 2.10. The SMILES string of the molecule is COc1nonc1C(N)Nc1cccc(CCCl)c1. The van der Waals surface area contributed by atoms with Crippen molar-refractivity contribution < 1.29 is 9.37 Å². The van der Waals surface area contributed by atoms with Gasteiger partial charge >= 0.3 is 0 Å². The Hall–Kier alpha value is -1.79. The third kappa shape index (κ3) is 3.36. The molecule has 0 spiro atoms. The van der Waals surface area contributed by atoms with Crippen LogP contribution in [0.15, 0.2) is 28.9 Å². The first-order chi connectivity index (χ1) is 9.24. The number of anilines is 1. The normalized spacial score (nSPS) is 12.2. The Kier molecular flexibility index (Phi) is 4.59. The van der Waals surface area contributed by atoms with E-state index >= 15 is 0 Å². The Bertz CT molecular complexity index is 532. The molecule has 0 aliphatic carbocycles. The van der Waals surface area contributed by atoms with Gasteiger partial charge in [0.05, 0.1) is 7.11 Å². The van der Waals surface area contributed by atoms with Gasteiger partial charge in [-0.05, 0) is 34.4 Å². The van der Waals surface area contributed by atoms with Gasteiger partial charge in [0.2, 0.25) is 0 Å². The number of rotatable bonds is 6. The van der Waals surface area contributed by atoms with Gasteiger partial charge in [0.15, 0.2) is 5.69 Å². The Morgan fingerprint density at radius 2 is 2.32 bits per heavy atom. The number of methoxy groups -OCH3 is 1. The molecule has 1 unspecified atom stereocenters. The molecule has 7 heteroatoms. The highest BCUT2D eigenvalue weighted by Gasteiger charge is 2.18. The van der Waals surface area contributed by atoms with E-state index in [9.17, 15) is 0 Å².